The maximum absolute atomic E-state index is 2.52. The molecule has 3 aromatic rings. The predicted molar refractivity (Wildman–Crippen MR) is 152 cm³/mol. The van der Waals surface area contributed by atoms with Gasteiger partial charge in [0, 0.05) is 5.41 Å². The molecule has 0 aliphatic heterocycles. The predicted octanol–water partition coefficient (Wildman–Crippen LogP) is 9.83. The highest BCUT2D eigenvalue weighted by Crippen LogP contribution is 2.54. The van der Waals surface area contributed by atoms with Crippen LogP contribution in [0.4, 0.5) is 0 Å². The van der Waals surface area contributed by atoms with Gasteiger partial charge >= 0.3 is 0 Å². The highest BCUT2D eigenvalue weighted by Gasteiger charge is 2.42. The van der Waals surface area contributed by atoms with E-state index in [0.29, 0.717) is 0 Å². The van der Waals surface area contributed by atoms with Crippen molar-refractivity contribution in [1.82, 2.24) is 0 Å². The standard InChI is InChI=1S/C35H44/c1-4-5-6-10-21-35(22-11-8-7-9-12-28-15-16-29-17-18-30(29)25-28)33-23-26(2)13-19-31(33)32-20-14-27(3)24-34(32)35/h13-16,19-20,23-25H,4-12,17-18,21-22H2,1-3H3. The van der Waals surface area contributed by atoms with E-state index in [2.05, 4.69) is 75.4 Å². The summed E-state index contributed by atoms with van der Waals surface area (Å²) in [5.74, 6) is 0. The van der Waals surface area contributed by atoms with Gasteiger partial charge in [0.05, 0.1) is 0 Å². The lowest BCUT2D eigenvalue weighted by atomic mass is 9.70. The van der Waals surface area contributed by atoms with Crippen molar-refractivity contribution < 1.29 is 0 Å². The third-order valence-electron chi connectivity index (χ3n) is 8.88. The minimum absolute atomic E-state index is 0.207. The van der Waals surface area contributed by atoms with E-state index in [1.54, 1.807) is 27.8 Å². The second-order valence-corrected chi connectivity index (χ2v) is 11.5. The Morgan fingerprint density at radius 3 is 1.77 bits per heavy atom. The van der Waals surface area contributed by atoms with Gasteiger partial charge in [-0.2, -0.15) is 0 Å². The third kappa shape index (κ3) is 5.00. The molecule has 0 unspecified atom stereocenters. The highest BCUT2D eigenvalue weighted by molar-refractivity contribution is 5.81. The molecule has 2 aliphatic carbocycles. The van der Waals surface area contributed by atoms with Crippen LogP contribution < -0.4 is 0 Å². The number of fused-ring (bicyclic) bond motifs is 4. The average Bonchev–Trinajstić information content (AvgIpc) is 3.09. The van der Waals surface area contributed by atoms with E-state index in [1.807, 2.05) is 0 Å². The summed E-state index contributed by atoms with van der Waals surface area (Å²) in [5.41, 5.74) is 14.0. The van der Waals surface area contributed by atoms with Crippen molar-refractivity contribution in [2.75, 3.05) is 0 Å². The largest absolute Gasteiger partial charge is 0.0654 e. The van der Waals surface area contributed by atoms with Crippen molar-refractivity contribution in [1.29, 1.82) is 0 Å². The molecule has 5 rings (SSSR count). The molecule has 0 aromatic heterocycles. The minimum Gasteiger partial charge on any atom is -0.0654 e. The molecule has 0 heteroatoms. The Morgan fingerprint density at radius 2 is 1.20 bits per heavy atom. The zero-order valence-corrected chi connectivity index (χ0v) is 22.4. The van der Waals surface area contributed by atoms with Gasteiger partial charge in [-0.15, -0.1) is 0 Å². The second kappa shape index (κ2) is 10.7. The molecule has 0 radical (unpaired) electrons. The molecule has 0 amide bonds. The van der Waals surface area contributed by atoms with Crippen molar-refractivity contribution in [2.24, 2.45) is 0 Å². The number of unbranched alkanes of at least 4 members (excludes halogenated alkanes) is 6. The lowest BCUT2D eigenvalue weighted by molar-refractivity contribution is 0.400. The van der Waals surface area contributed by atoms with E-state index in [-0.39, 0.29) is 5.41 Å². The molecule has 0 heterocycles. The molecule has 0 bridgehead atoms. The summed E-state index contributed by atoms with van der Waals surface area (Å²) in [5, 5.41) is 0. The van der Waals surface area contributed by atoms with Crippen LogP contribution >= 0.6 is 0 Å². The van der Waals surface area contributed by atoms with E-state index in [9.17, 15) is 0 Å². The first-order valence-electron chi connectivity index (χ1n) is 14.4. The fourth-order valence-corrected chi connectivity index (χ4v) is 6.75. The van der Waals surface area contributed by atoms with E-state index in [4.69, 9.17) is 0 Å². The summed E-state index contributed by atoms with van der Waals surface area (Å²) in [6.45, 7) is 6.87. The Bertz CT molecular complexity index is 1110. The molecular formula is C35H44. The first-order chi connectivity index (χ1) is 17.1. The van der Waals surface area contributed by atoms with Gasteiger partial charge in [-0.25, -0.2) is 0 Å². The number of hydrogen-bond donors (Lipinski definition) is 0. The molecule has 0 saturated carbocycles. The molecule has 0 spiro atoms. The Kier molecular flexibility index (Phi) is 7.47. The van der Waals surface area contributed by atoms with Crippen LogP contribution in [0.5, 0.6) is 0 Å². The molecule has 0 nitrogen and oxygen atoms in total. The van der Waals surface area contributed by atoms with Gasteiger partial charge in [0.25, 0.3) is 0 Å². The van der Waals surface area contributed by atoms with Crippen molar-refractivity contribution in [3.63, 3.8) is 0 Å². The van der Waals surface area contributed by atoms with Crippen LogP contribution in [0.1, 0.15) is 110 Å². The molecular weight excluding hydrogens is 420 g/mol. The average molecular weight is 465 g/mol. The first kappa shape index (κ1) is 24.4. The van der Waals surface area contributed by atoms with E-state index >= 15 is 0 Å². The van der Waals surface area contributed by atoms with Crippen LogP contribution in [0.25, 0.3) is 11.1 Å². The fourth-order valence-electron chi connectivity index (χ4n) is 6.75. The SMILES string of the molecule is CCCCCCC1(CCCCCCc2ccc3c(c2)CC3)c2cc(C)ccc2-c2ccc(C)cc21. The smallest absolute Gasteiger partial charge is 0.0215 e. The lowest BCUT2D eigenvalue weighted by Crippen LogP contribution is -2.25. The van der Waals surface area contributed by atoms with E-state index in [0.717, 1.165) is 0 Å². The maximum Gasteiger partial charge on any atom is 0.0215 e. The lowest BCUT2D eigenvalue weighted by Gasteiger charge is -2.33. The van der Waals surface area contributed by atoms with E-state index < -0.39 is 0 Å². The number of rotatable bonds is 12. The van der Waals surface area contributed by atoms with Gasteiger partial charge in [0.1, 0.15) is 0 Å². The molecule has 0 N–H and O–H groups in total. The van der Waals surface area contributed by atoms with Crippen LogP contribution in [0.2, 0.25) is 0 Å². The van der Waals surface area contributed by atoms with Crippen molar-refractivity contribution in [2.45, 2.75) is 110 Å². The van der Waals surface area contributed by atoms with Gasteiger partial charge in [-0.1, -0.05) is 118 Å². The van der Waals surface area contributed by atoms with Crippen molar-refractivity contribution in [3.8, 4) is 11.1 Å². The van der Waals surface area contributed by atoms with Crippen molar-refractivity contribution in [3.05, 3.63) is 93.5 Å². The van der Waals surface area contributed by atoms with Crippen LogP contribution in [0, 0.1) is 13.8 Å². The van der Waals surface area contributed by atoms with Gasteiger partial charge in [0.2, 0.25) is 0 Å². The maximum atomic E-state index is 2.52. The Morgan fingerprint density at radius 1 is 0.600 bits per heavy atom. The first-order valence-corrected chi connectivity index (χ1v) is 14.4. The quantitative estimate of drug-likeness (QED) is 0.234. The zero-order valence-electron chi connectivity index (χ0n) is 22.4. The van der Waals surface area contributed by atoms with Crippen LogP contribution in [0.3, 0.4) is 0 Å². The summed E-state index contributed by atoms with van der Waals surface area (Å²) in [6.07, 6.45) is 17.2. The summed E-state index contributed by atoms with van der Waals surface area (Å²) in [4.78, 5) is 0. The molecule has 0 atom stereocenters. The summed E-state index contributed by atoms with van der Waals surface area (Å²) >= 11 is 0. The fraction of sp³-hybridized carbons (Fsp3) is 0.486. The number of hydrogen-bond acceptors (Lipinski definition) is 0. The van der Waals surface area contributed by atoms with Gasteiger partial charge in [-0.3, -0.25) is 0 Å². The van der Waals surface area contributed by atoms with Crippen LogP contribution in [0.15, 0.2) is 54.6 Å². The Hall–Kier alpha value is -2.34. The van der Waals surface area contributed by atoms with Gasteiger partial charge in [0.15, 0.2) is 0 Å². The summed E-state index contributed by atoms with van der Waals surface area (Å²) < 4.78 is 0. The number of aryl methyl sites for hydroxylation is 5. The molecule has 0 saturated heterocycles. The number of benzene rings is 3. The molecule has 35 heavy (non-hydrogen) atoms. The summed E-state index contributed by atoms with van der Waals surface area (Å²) in [7, 11) is 0. The van der Waals surface area contributed by atoms with Crippen LogP contribution in [-0.4, -0.2) is 0 Å². The summed E-state index contributed by atoms with van der Waals surface area (Å²) in [6, 6.07) is 21.7. The third-order valence-corrected chi connectivity index (χ3v) is 8.88. The highest BCUT2D eigenvalue weighted by atomic mass is 14.4. The van der Waals surface area contributed by atoms with Gasteiger partial charge < -0.3 is 0 Å². The normalized spacial score (nSPS) is 14.8. The Labute approximate surface area is 214 Å². The molecule has 2 aliphatic rings. The van der Waals surface area contributed by atoms with E-state index in [1.165, 1.54) is 106 Å². The molecule has 184 valence electrons. The topological polar surface area (TPSA) is 0 Å². The molecule has 0 fully saturated rings. The second-order valence-electron chi connectivity index (χ2n) is 11.5. The zero-order chi connectivity index (χ0) is 24.3. The van der Waals surface area contributed by atoms with Crippen LogP contribution in [-0.2, 0) is 24.7 Å². The van der Waals surface area contributed by atoms with Gasteiger partial charge in [-0.05, 0) is 91.3 Å². The Balaban J connectivity index is 1.29. The van der Waals surface area contributed by atoms with Crippen molar-refractivity contribution >= 4 is 0 Å². The monoisotopic (exact) mass is 464 g/mol. The minimum atomic E-state index is 0.207. The molecule has 3 aromatic carbocycles.